The van der Waals surface area contributed by atoms with Gasteiger partial charge in [0, 0.05) is 18.0 Å². The van der Waals surface area contributed by atoms with Crippen molar-refractivity contribution in [2.24, 2.45) is 0 Å². The van der Waals surface area contributed by atoms with Crippen LogP contribution in [-0.4, -0.2) is 9.38 Å². The van der Waals surface area contributed by atoms with E-state index in [1.165, 1.54) is 48.8 Å². The second-order valence-corrected chi connectivity index (χ2v) is 6.55. The molecule has 0 saturated heterocycles. The van der Waals surface area contributed by atoms with E-state index in [9.17, 15) is 0 Å². The molecule has 4 rings (SSSR count). The molecule has 0 atom stereocenters. The van der Waals surface area contributed by atoms with Gasteiger partial charge < -0.3 is 4.40 Å². The highest BCUT2D eigenvalue weighted by molar-refractivity contribution is 5.63. The van der Waals surface area contributed by atoms with Crippen LogP contribution >= 0.6 is 0 Å². The molecule has 2 heterocycles. The summed E-state index contributed by atoms with van der Waals surface area (Å²) in [5.74, 6) is 0.770. The maximum absolute atomic E-state index is 4.75. The third-order valence-electron chi connectivity index (χ3n) is 4.90. The quantitative estimate of drug-likeness (QED) is 0.621. The summed E-state index contributed by atoms with van der Waals surface area (Å²) in [7, 11) is 0. The lowest BCUT2D eigenvalue weighted by Crippen LogP contribution is -2.04. The average molecular weight is 290 g/mol. The van der Waals surface area contributed by atoms with Gasteiger partial charge in [-0.05, 0) is 48.9 Å². The number of hydrogen-bond acceptors (Lipinski definition) is 1. The zero-order valence-electron chi connectivity index (χ0n) is 13.1. The van der Waals surface area contributed by atoms with Gasteiger partial charge in [0.15, 0.2) is 0 Å². The Labute approximate surface area is 131 Å². The number of nitrogens with zero attached hydrogens (tertiary/aromatic N) is 2. The van der Waals surface area contributed by atoms with E-state index in [1.54, 1.807) is 0 Å². The van der Waals surface area contributed by atoms with Crippen LogP contribution in [0.2, 0.25) is 0 Å². The van der Waals surface area contributed by atoms with Crippen LogP contribution in [0.25, 0.3) is 16.9 Å². The minimum absolute atomic E-state index is 0.770. The SMILES string of the molecule is Cc1ccn2cc(-c3ccc(C4CCCCC4)cc3)nc2c1. The first kappa shape index (κ1) is 13.6. The number of fused-ring (bicyclic) bond motifs is 1. The molecule has 0 N–H and O–H groups in total. The van der Waals surface area contributed by atoms with Gasteiger partial charge in [-0.2, -0.15) is 0 Å². The van der Waals surface area contributed by atoms with Crippen molar-refractivity contribution in [3.8, 4) is 11.3 Å². The summed E-state index contributed by atoms with van der Waals surface area (Å²) in [5, 5.41) is 0. The smallest absolute Gasteiger partial charge is 0.137 e. The molecule has 1 aliphatic rings. The minimum atomic E-state index is 0.770. The molecule has 0 unspecified atom stereocenters. The highest BCUT2D eigenvalue weighted by Crippen LogP contribution is 2.33. The van der Waals surface area contributed by atoms with E-state index in [0.717, 1.165) is 17.3 Å². The summed E-state index contributed by atoms with van der Waals surface area (Å²) < 4.78 is 2.09. The summed E-state index contributed by atoms with van der Waals surface area (Å²) in [4.78, 5) is 4.75. The lowest BCUT2D eigenvalue weighted by Gasteiger charge is -2.21. The van der Waals surface area contributed by atoms with Crippen molar-refractivity contribution in [2.75, 3.05) is 0 Å². The number of aromatic nitrogens is 2. The van der Waals surface area contributed by atoms with Crippen LogP contribution in [0.4, 0.5) is 0 Å². The number of imidazole rings is 1. The first-order valence-electron chi connectivity index (χ1n) is 8.35. The third kappa shape index (κ3) is 2.54. The Bertz CT molecular complexity index is 777. The first-order valence-corrected chi connectivity index (χ1v) is 8.35. The van der Waals surface area contributed by atoms with E-state index in [-0.39, 0.29) is 0 Å². The van der Waals surface area contributed by atoms with Crippen molar-refractivity contribution < 1.29 is 0 Å². The summed E-state index contributed by atoms with van der Waals surface area (Å²) in [6.07, 6.45) is 11.1. The number of benzene rings is 1. The van der Waals surface area contributed by atoms with Crippen molar-refractivity contribution in [3.63, 3.8) is 0 Å². The Morgan fingerprint density at radius 1 is 1.00 bits per heavy atom. The van der Waals surface area contributed by atoms with Gasteiger partial charge in [-0.15, -0.1) is 0 Å². The molecule has 0 aliphatic heterocycles. The Balaban J connectivity index is 1.63. The van der Waals surface area contributed by atoms with Gasteiger partial charge >= 0.3 is 0 Å². The minimum Gasteiger partial charge on any atom is -0.306 e. The fourth-order valence-corrected chi connectivity index (χ4v) is 3.58. The molecular weight excluding hydrogens is 268 g/mol. The lowest BCUT2D eigenvalue weighted by molar-refractivity contribution is 0.443. The molecule has 1 fully saturated rings. The van der Waals surface area contributed by atoms with Crippen molar-refractivity contribution >= 4 is 5.65 Å². The van der Waals surface area contributed by atoms with Crippen LogP contribution in [0.15, 0.2) is 48.8 Å². The summed E-state index contributed by atoms with van der Waals surface area (Å²) in [6, 6.07) is 13.3. The van der Waals surface area contributed by atoms with E-state index in [1.807, 2.05) is 0 Å². The molecule has 1 saturated carbocycles. The number of hydrogen-bond donors (Lipinski definition) is 0. The second kappa shape index (κ2) is 5.60. The summed E-state index contributed by atoms with van der Waals surface area (Å²) >= 11 is 0. The predicted molar refractivity (Wildman–Crippen MR) is 91.2 cm³/mol. The molecule has 2 nitrogen and oxygen atoms in total. The maximum Gasteiger partial charge on any atom is 0.137 e. The molecule has 0 bridgehead atoms. The van der Waals surface area contributed by atoms with E-state index >= 15 is 0 Å². The van der Waals surface area contributed by atoms with E-state index in [4.69, 9.17) is 4.98 Å². The van der Waals surface area contributed by atoms with E-state index in [0.29, 0.717) is 0 Å². The number of pyridine rings is 1. The van der Waals surface area contributed by atoms with Crippen molar-refractivity contribution in [2.45, 2.75) is 44.9 Å². The topological polar surface area (TPSA) is 17.3 Å². The van der Waals surface area contributed by atoms with Crippen LogP contribution in [-0.2, 0) is 0 Å². The fraction of sp³-hybridized carbons (Fsp3) is 0.350. The van der Waals surface area contributed by atoms with Gasteiger partial charge in [-0.1, -0.05) is 43.5 Å². The number of aryl methyl sites for hydroxylation is 1. The third-order valence-corrected chi connectivity index (χ3v) is 4.90. The van der Waals surface area contributed by atoms with Gasteiger partial charge in [0.1, 0.15) is 5.65 Å². The van der Waals surface area contributed by atoms with E-state index < -0.39 is 0 Å². The van der Waals surface area contributed by atoms with Gasteiger partial charge in [-0.3, -0.25) is 0 Å². The lowest BCUT2D eigenvalue weighted by atomic mass is 9.84. The first-order chi connectivity index (χ1) is 10.8. The summed E-state index contributed by atoms with van der Waals surface area (Å²) in [6.45, 7) is 2.10. The van der Waals surface area contributed by atoms with Crippen molar-refractivity contribution in [1.82, 2.24) is 9.38 Å². The maximum atomic E-state index is 4.75. The van der Waals surface area contributed by atoms with Crippen molar-refractivity contribution in [3.05, 3.63) is 59.9 Å². The Morgan fingerprint density at radius 2 is 1.77 bits per heavy atom. The van der Waals surface area contributed by atoms with Crippen LogP contribution in [0.5, 0.6) is 0 Å². The van der Waals surface area contributed by atoms with Crippen LogP contribution in [0, 0.1) is 6.92 Å². The second-order valence-electron chi connectivity index (χ2n) is 6.55. The van der Waals surface area contributed by atoms with E-state index in [2.05, 4.69) is 60.1 Å². The Morgan fingerprint density at radius 3 is 2.55 bits per heavy atom. The standard InChI is InChI=1S/C20H22N2/c1-15-11-12-22-14-19(21-20(22)13-15)18-9-7-17(8-10-18)16-5-3-2-4-6-16/h7-14,16H,2-6H2,1H3. The zero-order chi connectivity index (χ0) is 14.9. The molecule has 1 aromatic carbocycles. The zero-order valence-corrected chi connectivity index (χ0v) is 13.1. The van der Waals surface area contributed by atoms with Gasteiger partial charge in [-0.25, -0.2) is 4.98 Å². The molecule has 3 aromatic rings. The highest BCUT2D eigenvalue weighted by atomic mass is 15.0. The van der Waals surface area contributed by atoms with Crippen LogP contribution in [0.1, 0.15) is 49.1 Å². The molecule has 0 amide bonds. The average Bonchev–Trinajstić information content (AvgIpc) is 2.99. The molecule has 2 heteroatoms. The Kier molecular flexibility index (Phi) is 3.45. The predicted octanol–water partition coefficient (Wildman–Crippen LogP) is 5.36. The van der Waals surface area contributed by atoms with Crippen LogP contribution < -0.4 is 0 Å². The van der Waals surface area contributed by atoms with Crippen LogP contribution in [0.3, 0.4) is 0 Å². The molecule has 22 heavy (non-hydrogen) atoms. The van der Waals surface area contributed by atoms with Gasteiger partial charge in [0.2, 0.25) is 0 Å². The fourth-order valence-electron chi connectivity index (χ4n) is 3.58. The van der Waals surface area contributed by atoms with Gasteiger partial charge in [0.05, 0.1) is 5.69 Å². The normalized spacial score (nSPS) is 16.2. The largest absolute Gasteiger partial charge is 0.306 e. The Hall–Kier alpha value is -2.09. The van der Waals surface area contributed by atoms with Gasteiger partial charge in [0.25, 0.3) is 0 Å². The molecule has 0 spiro atoms. The van der Waals surface area contributed by atoms with Crippen molar-refractivity contribution in [1.29, 1.82) is 0 Å². The molecule has 1 aliphatic carbocycles. The number of rotatable bonds is 2. The molecule has 2 aromatic heterocycles. The summed E-state index contributed by atoms with van der Waals surface area (Å²) in [5.41, 5.74) is 6.04. The molecular formula is C20H22N2. The monoisotopic (exact) mass is 290 g/mol. The molecule has 0 radical (unpaired) electrons. The molecule has 112 valence electrons. The highest BCUT2D eigenvalue weighted by Gasteiger charge is 2.15.